The van der Waals surface area contributed by atoms with Crippen LogP contribution in [0, 0.1) is 5.92 Å². The number of rotatable bonds is 12. The number of aliphatic carboxylic acids is 1. The Morgan fingerprint density at radius 2 is 1.96 bits per heavy atom. The number of carboxylic acids is 1. The molecule has 6 rings (SSSR count). The maximum Gasteiger partial charge on any atom is 0.332 e. The third kappa shape index (κ3) is 8.47. The van der Waals surface area contributed by atoms with Crippen molar-refractivity contribution < 1.29 is 24.0 Å². The largest absolute Gasteiger partial charge is 0.478 e. The molecule has 5 N–H and O–H groups in total. The van der Waals surface area contributed by atoms with E-state index in [9.17, 15) is 14.7 Å². The molecule has 0 spiro atoms. The van der Waals surface area contributed by atoms with Crippen LogP contribution in [0.25, 0.3) is 11.2 Å². The number of carbonyl (C=O) groups is 2. The van der Waals surface area contributed by atoms with Gasteiger partial charge in [0.05, 0.1) is 6.33 Å². The maximum atomic E-state index is 13.9. The molecule has 12 nitrogen and oxygen atoms in total. The number of ether oxygens (including phenoxy) is 1. The summed E-state index contributed by atoms with van der Waals surface area (Å²) < 4.78 is 7.95. The standard InChI is InChI=1S/C42H52N8O4Si/c1-8-34-31(11-9-10-20-49(2)3)36(32-19-17-29(50(4)5)22-35(32)55(34,6)7)33-21-28(16-18-30(33)41(52)53)39(51)44-23-26-12-14-27(15-13-26)24-54-40-37-38(46-25-45-37)47-42(43)48-40/h8-10,12,14-15,17,19-21,25-26,29H,11,13,16,18,22-24H2,1-7H3,(H4-,43,44,45,46,47,48,51,52,53)/p+1. The smallest absolute Gasteiger partial charge is 0.332 e. The van der Waals surface area contributed by atoms with Crippen molar-refractivity contribution in [3.63, 3.8) is 0 Å². The van der Waals surface area contributed by atoms with Crippen molar-refractivity contribution in [1.29, 1.82) is 0 Å². The first-order valence-corrected chi connectivity index (χ1v) is 21.9. The molecule has 2 atom stereocenters. The molecule has 2 aromatic heterocycles. The summed E-state index contributed by atoms with van der Waals surface area (Å²) in [6.07, 6.45) is 25.4. The highest BCUT2D eigenvalue weighted by Crippen LogP contribution is 2.49. The summed E-state index contributed by atoms with van der Waals surface area (Å²) in [6.45, 7) is 7.68. The number of H-pyrrole nitrogens is 1. The van der Waals surface area contributed by atoms with Crippen molar-refractivity contribution in [2.45, 2.75) is 58.2 Å². The number of aromatic amines is 1. The van der Waals surface area contributed by atoms with Crippen molar-refractivity contribution in [3.8, 4) is 5.88 Å². The van der Waals surface area contributed by atoms with Gasteiger partial charge in [0.25, 0.3) is 0 Å². The second-order valence-electron chi connectivity index (χ2n) is 15.4. The molecular weight excluding hydrogens is 709 g/mol. The van der Waals surface area contributed by atoms with Crippen molar-refractivity contribution in [2.24, 2.45) is 5.92 Å². The third-order valence-electron chi connectivity index (χ3n) is 10.9. The Labute approximate surface area is 324 Å². The normalized spacial score (nSPS) is 21.7. The van der Waals surface area contributed by atoms with Gasteiger partial charge in [-0.3, -0.25) is 4.79 Å². The molecular formula is C42H53N8O4Si+. The number of hydrogen-bond acceptors (Lipinski definition) is 8. The average molecular weight is 762 g/mol. The topological polar surface area (TPSA) is 162 Å². The highest BCUT2D eigenvalue weighted by molar-refractivity contribution is 6.92. The van der Waals surface area contributed by atoms with Crippen LogP contribution >= 0.6 is 0 Å². The van der Waals surface area contributed by atoms with Crippen LogP contribution in [0.15, 0.2) is 110 Å². The van der Waals surface area contributed by atoms with Crippen LogP contribution in [0.1, 0.15) is 39.0 Å². The molecule has 2 unspecified atom stereocenters. The van der Waals surface area contributed by atoms with E-state index in [1.165, 1.54) is 16.7 Å². The number of carboxylic acid groups (broad SMARTS) is 1. The molecule has 0 fully saturated rings. The van der Waals surface area contributed by atoms with Crippen LogP contribution in [-0.4, -0.2) is 108 Å². The van der Waals surface area contributed by atoms with Crippen LogP contribution in [0.3, 0.4) is 0 Å². The van der Waals surface area contributed by atoms with E-state index in [1.54, 1.807) is 0 Å². The van der Waals surface area contributed by atoms with E-state index in [1.807, 2.05) is 37.0 Å². The number of hydrogen-bond donors (Lipinski definition) is 4. The van der Waals surface area contributed by atoms with Crippen molar-refractivity contribution in [1.82, 2.24) is 30.2 Å². The molecule has 0 aromatic carbocycles. The second-order valence-corrected chi connectivity index (χ2v) is 19.8. The van der Waals surface area contributed by atoms with E-state index < -0.39 is 14.0 Å². The number of allylic oxidation sites excluding steroid dienone is 11. The minimum Gasteiger partial charge on any atom is -0.478 e. The van der Waals surface area contributed by atoms with Gasteiger partial charge in [0.2, 0.25) is 17.7 Å². The summed E-state index contributed by atoms with van der Waals surface area (Å²) in [7, 11) is 6.06. The molecule has 55 heavy (non-hydrogen) atoms. The lowest BCUT2D eigenvalue weighted by molar-refractivity contribution is -0.458. The molecule has 288 valence electrons. The quantitative estimate of drug-likeness (QED) is 0.123. The van der Waals surface area contributed by atoms with Gasteiger partial charge in [0.15, 0.2) is 11.9 Å². The SMILES string of the molecule is CC=C1C(CC=CC=[N+](C)C)=C(C2=C(C(=O)O)CCC(C(=O)NCC3C=CC(COc4nc(N)nc5nc[nH]c45)=CC3)=C2)C2=C(CC(N(C)C)C=C2)[Si]1(C)C. The Kier molecular flexibility index (Phi) is 11.8. The predicted molar refractivity (Wildman–Crippen MR) is 220 cm³/mol. The average Bonchev–Trinajstić information content (AvgIpc) is 3.63. The highest BCUT2D eigenvalue weighted by Gasteiger charge is 2.42. The van der Waals surface area contributed by atoms with E-state index in [-0.39, 0.29) is 30.2 Å². The Morgan fingerprint density at radius 3 is 2.65 bits per heavy atom. The van der Waals surface area contributed by atoms with Gasteiger partial charge in [-0.1, -0.05) is 66.0 Å². The van der Waals surface area contributed by atoms with E-state index >= 15 is 0 Å². The van der Waals surface area contributed by atoms with E-state index in [0.717, 1.165) is 35.1 Å². The fourth-order valence-corrected chi connectivity index (χ4v) is 11.6. The van der Waals surface area contributed by atoms with Gasteiger partial charge in [-0.15, -0.1) is 0 Å². The number of nitrogens with one attached hydrogen (secondary N) is 2. The number of aromatic nitrogens is 4. The Hall–Kier alpha value is -5.40. The zero-order chi connectivity index (χ0) is 39.4. The minimum absolute atomic E-state index is 0.0925. The number of fused-ring (bicyclic) bond motifs is 1. The summed E-state index contributed by atoms with van der Waals surface area (Å²) in [4.78, 5) is 44.4. The lowest BCUT2D eigenvalue weighted by Gasteiger charge is -2.43. The number of anilines is 1. The monoisotopic (exact) mass is 761 g/mol. The van der Waals surface area contributed by atoms with Crippen LogP contribution in [0.4, 0.5) is 5.95 Å². The van der Waals surface area contributed by atoms with Gasteiger partial charge in [0.1, 0.15) is 34.3 Å². The first-order valence-electron chi connectivity index (χ1n) is 18.9. The molecule has 0 saturated heterocycles. The summed E-state index contributed by atoms with van der Waals surface area (Å²) in [5.41, 5.74) is 12.7. The number of carbonyl (C=O) groups excluding carboxylic acids is 1. The van der Waals surface area contributed by atoms with Crippen LogP contribution in [-0.2, 0) is 9.59 Å². The fraction of sp³-hybridized carbons (Fsp3) is 0.381. The molecule has 13 heteroatoms. The Balaban J connectivity index is 1.24. The van der Waals surface area contributed by atoms with Gasteiger partial charge in [-0.05, 0) is 99.1 Å². The van der Waals surface area contributed by atoms with E-state index in [4.69, 9.17) is 10.5 Å². The Morgan fingerprint density at radius 1 is 1.16 bits per heavy atom. The summed E-state index contributed by atoms with van der Waals surface area (Å²) in [6, 6.07) is 0.260. The molecule has 3 aliphatic carbocycles. The van der Waals surface area contributed by atoms with Gasteiger partial charge >= 0.3 is 5.97 Å². The second kappa shape index (κ2) is 16.5. The van der Waals surface area contributed by atoms with Gasteiger partial charge in [-0.2, -0.15) is 9.97 Å². The van der Waals surface area contributed by atoms with E-state index in [0.29, 0.717) is 59.8 Å². The van der Waals surface area contributed by atoms with E-state index in [2.05, 4.69) is 107 Å². The summed E-state index contributed by atoms with van der Waals surface area (Å²) in [5.74, 6) is -0.573. The predicted octanol–water partition coefficient (Wildman–Crippen LogP) is 5.55. The first-order chi connectivity index (χ1) is 26.3. The van der Waals surface area contributed by atoms with Crippen molar-refractivity contribution in [2.75, 3.05) is 47.1 Å². The molecule has 0 radical (unpaired) electrons. The number of amides is 1. The first kappa shape index (κ1) is 39.3. The number of nitrogens with two attached hydrogens (primary N) is 1. The van der Waals surface area contributed by atoms with Crippen molar-refractivity contribution >= 4 is 43.3 Å². The molecule has 3 heterocycles. The van der Waals surface area contributed by atoms with Gasteiger partial charge in [-0.25, -0.2) is 14.4 Å². The number of nitrogen functional groups attached to an aromatic ring is 1. The molecule has 2 aromatic rings. The Bertz CT molecular complexity index is 2200. The summed E-state index contributed by atoms with van der Waals surface area (Å²) in [5, 5.41) is 16.5. The minimum atomic E-state index is -2.13. The summed E-state index contributed by atoms with van der Waals surface area (Å²) >= 11 is 0. The zero-order valence-corrected chi connectivity index (χ0v) is 33.9. The lowest BCUT2D eigenvalue weighted by Crippen LogP contribution is -2.42. The number of likely N-dealkylation sites (N-methyl/N-ethyl adjacent to an activating group) is 1. The number of nitrogens with zero attached hydrogens (tertiary/aromatic N) is 5. The fourth-order valence-electron chi connectivity index (χ4n) is 7.92. The van der Waals surface area contributed by atoms with Crippen molar-refractivity contribution in [3.05, 3.63) is 110 Å². The molecule has 0 bridgehead atoms. The van der Waals surface area contributed by atoms with Crippen LogP contribution in [0.2, 0.25) is 13.1 Å². The number of imidazole rings is 1. The highest BCUT2D eigenvalue weighted by atomic mass is 28.3. The molecule has 1 amide bonds. The van der Waals surface area contributed by atoms with Crippen LogP contribution < -0.4 is 15.8 Å². The molecule has 0 saturated carbocycles. The third-order valence-corrected chi connectivity index (χ3v) is 14.8. The molecule has 4 aliphatic rings. The van der Waals surface area contributed by atoms with Crippen LogP contribution in [0.5, 0.6) is 5.88 Å². The molecule has 1 aliphatic heterocycles. The zero-order valence-electron chi connectivity index (χ0n) is 32.9. The van der Waals surface area contributed by atoms with Gasteiger partial charge in [0, 0.05) is 23.7 Å². The van der Waals surface area contributed by atoms with Gasteiger partial charge < -0.3 is 30.8 Å². The maximum absolute atomic E-state index is 13.9. The lowest BCUT2D eigenvalue weighted by atomic mass is 9.80.